The zero-order valence-electron chi connectivity index (χ0n) is 20.7. The van der Waals surface area contributed by atoms with Crippen molar-refractivity contribution in [2.45, 2.75) is 122 Å². The summed E-state index contributed by atoms with van der Waals surface area (Å²) >= 11 is 0. The van der Waals surface area contributed by atoms with Crippen molar-refractivity contribution in [3.05, 3.63) is 0 Å². The maximum Gasteiger partial charge on any atom is 0.306 e. The second-order valence-electron chi connectivity index (χ2n) is 10.0. The molecule has 2 unspecified atom stereocenters. The summed E-state index contributed by atoms with van der Waals surface area (Å²) in [4.78, 5) is 22.9. The predicted molar refractivity (Wildman–Crippen MR) is 123 cm³/mol. The standard InChI is InChI=1S/C25H49NO5/c1-5-6-7-8-9-10-11-14-17-22(27)18-15-12-13-16-19-25(30)31-23(20-24(28)29)21-26(2,3)4/h22-23,27H,5-21H2,1-4H3. The summed E-state index contributed by atoms with van der Waals surface area (Å²) in [5.74, 6) is -1.54. The molecule has 0 saturated heterocycles. The van der Waals surface area contributed by atoms with Crippen LogP contribution >= 0.6 is 0 Å². The molecule has 0 aliphatic rings. The van der Waals surface area contributed by atoms with Gasteiger partial charge in [0.15, 0.2) is 6.10 Å². The molecule has 0 rings (SSSR count). The van der Waals surface area contributed by atoms with E-state index >= 15 is 0 Å². The first-order valence-electron chi connectivity index (χ1n) is 12.5. The molecule has 0 bridgehead atoms. The number of likely N-dealkylation sites (N-methyl/N-ethyl adjacent to an activating group) is 1. The Morgan fingerprint density at radius 1 is 0.839 bits per heavy atom. The lowest BCUT2D eigenvalue weighted by atomic mass is 10.0. The molecule has 6 nitrogen and oxygen atoms in total. The molecule has 0 spiro atoms. The summed E-state index contributed by atoms with van der Waals surface area (Å²) < 4.78 is 5.88. The molecule has 0 aromatic rings. The van der Waals surface area contributed by atoms with Gasteiger partial charge >= 0.3 is 5.97 Å². The third-order valence-electron chi connectivity index (χ3n) is 5.50. The molecule has 0 aromatic heterocycles. The Hall–Kier alpha value is -1.14. The molecular weight excluding hydrogens is 394 g/mol. The molecule has 0 aliphatic heterocycles. The lowest BCUT2D eigenvalue weighted by Gasteiger charge is -2.29. The maximum atomic E-state index is 12.0. The number of carbonyl (C=O) groups excluding carboxylic acids is 2. The fraction of sp³-hybridized carbons (Fsp3) is 0.920. The van der Waals surface area contributed by atoms with Crippen LogP contribution in [0.5, 0.6) is 0 Å². The Morgan fingerprint density at radius 3 is 1.81 bits per heavy atom. The summed E-state index contributed by atoms with van der Waals surface area (Å²) in [5, 5.41) is 21.0. The lowest BCUT2D eigenvalue weighted by Crippen LogP contribution is -2.45. The van der Waals surface area contributed by atoms with E-state index in [1.807, 2.05) is 21.1 Å². The van der Waals surface area contributed by atoms with Crippen molar-refractivity contribution in [3.8, 4) is 0 Å². The van der Waals surface area contributed by atoms with Gasteiger partial charge in [-0.1, -0.05) is 77.6 Å². The van der Waals surface area contributed by atoms with Crippen molar-refractivity contribution >= 4 is 11.9 Å². The first-order valence-corrected chi connectivity index (χ1v) is 12.5. The second kappa shape index (κ2) is 18.4. The van der Waals surface area contributed by atoms with Gasteiger partial charge in [0.05, 0.1) is 27.2 Å². The van der Waals surface area contributed by atoms with Crippen molar-refractivity contribution in [1.82, 2.24) is 0 Å². The average molecular weight is 444 g/mol. The number of carbonyl (C=O) groups is 2. The third-order valence-corrected chi connectivity index (χ3v) is 5.50. The zero-order valence-corrected chi connectivity index (χ0v) is 20.7. The van der Waals surface area contributed by atoms with E-state index in [9.17, 15) is 19.8 Å². The van der Waals surface area contributed by atoms with Gasteiger partial charge in [-0.05, 0) is 19.3 Å². The molecule has 1 N–H and O–H groups in total. The van der Waals surface area contributed by atoms with Crippen LogP contribution in [0.2, 0.25) is 0 Å². The van der Waals surface area contributed by atoms with Crippen LogP contribution in [0.3, 0.4) is 0 Å². The van der Waals surface area contributed by atoms with Crippen molar-refractivity contribution < 1.29 is 29.0 Å². The highest BCUT2D eigenvalue weighted by atomic mass is 16.5. The summed E-state index contributed by atoms with van der Waals surface area (Å²) in [6.07, 6.45) is 14.8. The lowest BCUT2D eigenvalue weighted by molar-refractivity contribution is -0.873. The quantitative estimate of drug-likeness (QED) is 0.165. The molecular formula is C25H49NO5. The summed E-state index contributed by atoms with van der Waals surface area (Å²) in [7, 11) is 5.79. The molecule has 0 heterocycles. The Balaban J connectivity index is 3.70. The Labute approximate surface area is 190 Å². The van der Waals surface area contributed by atoms with E-state index in [0.29, 0.717) is 17.4 Å². The number of esters is 1. The van der Waals surface area contributed by atoms with E-state index in [0.717, 1.165) is 44.9 Å². The normalized spacial score (nSPS) is 13.7. The van der Waals surface area contributed by atoms with E-state index < -0.39 is 12.1 Å². The van der Waals surface area contributed by atoms with Gasteiger partial charge in [-0.25, -0.2) is 0 Å². The number of aliphatic hydroxyl groups excluding tert-OH is 1. The summed E-state index contributed by atoms with van der Waals surface area (Å²) in [6.45, 7) is 2.68. The minimum absolute atomic E-state index is 0.203. The van der Waals surface area contributed by atoms with Crippen LogP contribution in [0.25, 0.3) is 0 Å². The number of carboxylic acids is 1. The van der Waals surface area contributed by atoms with Gasteiger partial charge in [0.25, 0.3) is 0 Å². The fourth-order valence-corrected chi connectivity index (χ4v) is 3.85. The van der Waals surface area contributed by atoms with Gasteiger partial charge < -0.3 is 24.2 Å². The van der Waals surface area contributed by atoms with Crippen LogP contribution in [-0.4, -0.2) is 61.4 Å². The minimum atomic E-state index is -1.20. The van der Waals surface area contributed by atoms with Crippen molar-refractivity contribution in [1.29, 1.82) is 0 Å². The zero-order chi connectivity index (χ0) is 23.5. The van der Waals surface area contributed by atoms with E-state index in [1.165, 1.54) is 44.9 Å². The smallest absolute Gasteiger partial charge is 0.306 e. The van der Waals surface area contributed by atoms with Crippen LogP contribution in [0, 0.1) is 0 Å². The van der Waals surface area contributed by atoms with E-state index in [2.05, 4.69) is 6.92 Å². The molecule has 0 radical (unpaired) electrons. The number of carboxylic acid groups (broad SMARTS) is 1. The molecule has 0 amide bonds. The molecule has 6 heteroatoms. The van der Waals surface area contributed by atoms with E-state index in [-0.39, 0.29) is 18.5 Å². The van der Waals surface area contributed by atoms with Gasteiger partial charge in [0.1, 0.15) is 6.54 Å². The molecule has 0 aliphatic carbocycles. The molecule has 0 fully saturated rings. The molecule has 2 atom stereocenters. The summed E-state index contributed by atoms with van der Waals surface area (Å²) in [5.41, 5.74) is 0. The van der Waals surface area contributed by atoms with Crippen molar-refractivity contribution in [2.75, 3.05) is 27.7 Å². The number of rotatable bonds is 21. The highest BCUT2D eigenvalue weighted by Crippen LogP contribution is 2.15. The number of hydrogen-bond acceptors (Lipinski definition) is 5. The number of aliphatic hydroxyl groups is 1. The van der Waals surface area contributed by atoms with Gasteiger partial charge in [0.2, 0.25) is 0 Å². The van der Waals surface area contributed by atoms with Crippen LogP contribution in [0.15, 0.2) is 0 Å². The number of aliphatic carboxylic acids is 1. The first kappa shape index (κ1) is 29.9. The summed E-state index contributed by atoms with van der Waals surface area (Å²) in [6, 6.07) is 0. The first-order chi connectivity index (χ1) is 14.6. The maximum absolute atomic E-state index is 12.0. The van der Waals surface area contributed by atoms with Crippen LogP contribution in [-0.2, 0) is 14.3 Å². The number of hydrogen-bond donors (Lipinski definition) is 1. The number of quaternary nitrogens is 1. The van der Waals surface area contributed by atoms with Gasteiger partial charge in [-0.15, -0.1) is 0 Å². The van der Waals surface area contributed by atoms with Gasteiger partial charge in [-0.2, -0.15) is 0 Å². The Bertz CT molecular complexity index is 461. The molecule has 31 heavy (non-hydrogen) atoms. The fourth-order valence-electron chi connectivity index (χ4n) is 3.85. The van der Waals surface area contributed by atoms with Crippen LogP contribution in [0.1, 0.15) is 110 Å². The minimum Gasteiger partial charge on any atom is -0.550 e. The number of unbranched alkanes of at least 4 members (excludes halogenated alkanes) is 10. The predicted octanol–water partition coefficient (Wildman–Crippen LogP) is 3.98. The van der Waals surface area contributed by atoms with Crippen LogP contribution in [0.4, 0.5) is 0 Å². The topological polar surface area (TPSA) is 86.7 Å². The average Bonchev–Trinajstić information content (AvgIpc) is 2.64. The molecule has 0 saturated carbocycles. The number of nitrogens with zero attached hydrogens (tertiary/aromatic N) is 1. The number of ether oxygens (including phenoxy) is 1. The molecule has 0 aromatic carbocycles. The Kier molecular flexibility index (Phi) is 17.8. The SMILES string of the molecule is CCCCCCCCCCC(O)CCCCCCC(=O)OC(CC(=O)[O-])C[N+](C)(C)C. The highest BCUT2D eigenvalue weighted by Gasteiger charge is 2.22. The van der Waals surface area contributed by atoms with E-state index in [4.69, 9.17) is 4.74 Å². The molecule has 184 valence electrons. The largest absolute Gasteiger partial charge is 0.550 e. The van der Waals surface area contributed by atoms with Gasteiger partial charge in [-0.3, -0.25) is 4.79 Å². The highest BCUT2D eigenvalue weighted by molar-refractivity contribution is 5.70. The van der Waals surface area contributed by atoms with Crippen LogP contribution < -0.4 is 5.11 Å². The van der Waals surface area contributed by atoms with Gasteiger partial charge in [0, 0.05) is 18.8 Å². The van der Waals surface area contributed by atoms with E-state index in [1.54, 1.807) is 0 Å². The third kappa shape index (κ3) is 21.9. The van der Waals surface area contributed by atoms with Crippen molar-refractivity contribution in [3.63, 3.8) is 0 Å². The second-order valence-corrected chi connectivity index (χ2v) is 10.0. The monoisotopic (exact) mass is 443 g/mol. The Morgan fingerprint density at radius 2 is 1.32 bits per heavy atom. The van der Waals surface area contributed by atoms with Crippen molar-refractivity contribution in [2.24, 2.45) is 0 Å².